The molecule has 3 rings (SSSR count). The van der Waals surface area contributed by atoms with Crippen molar-refractivity contribution in [1.29, 1.82) is 0 Å². The van der Waals surface area contributed by atoms with E-state index in [1.165, 1.54) is 0 Å². The lowest BCUT2D eigenvalue weighted by molar-refractivity contribution is -0.148. The zero-order valence-corrected chi connectivity index (χ0v) is 15.1. The summed E-state index contributed by atoms with van der Waals surface area (Å²) in [6, 6.07) is 6.58. The summed E-state index contributed by atoms with van der Waals surface area (Å²) in [5.41, 5.74) is 5.03. The summed E-state index contributed by atoms with van der Waals surface area (Å²) in [7, 11) is 0. The lowest BCUT2D eigenvalue weighted by Gasteiger charge is -2.23. The molecule has 3 N–H and O–H groups in total. The predicted molar refractivity (Wildman–Crippen MR) is 95.0 cm³/mol. The predicted octanol–water partition coefficient (Wildman–Crippen LogP) is 1.50. The smallest absolute Gasteiger partial charge is 0.310 e. The molecule has 1 aromatic carbocycles. The second-order valence-corrected chi connectivity index (χ2v) is 6.85. The number of fused-ring (bicyclic) bond motifs is 2. The molecular formula is C19H24N2O6. The van der Waals surface area contributed by atoms with Crippen molar-refractivity contribution in [3.05, 3.63) is 29.8 Å². The standard InChI is InChI=1S/C19H24N2O6/c1-2-3-10-26-12-6-4-11(5-7-12)17(22)20-21-18(23)15-13-8-9-14(27-13)16(15)19(24)25/h4-7,13-16H,2-3,8-10H2,1H3,(H,20,22)(H,21,23)(H,24,25)/t13-,14-,15-,16+/m1/s1. The fourth-order valence-corrected chi connectivity index (χ4v) is 3.64. The normalized spacial score (nSPS) is 25.8. The van der Waals surface area contributed by atoms with Crippen molar-refractivity contribution >= 4 is 17.8 Å². The molecule has 8 heteroatoms. The third kappa shape index (κ3) is 4.21. The maximum absolute atomic E-state index is 12.4. The second-order valence-electron chi connectivity index (χ2n) is 6.85. The number of carbonyl (C=O) groups excluding carboxylic acids is 2. The molecule has 2 amide bonds. The van der Waals surface area contributed by atoms with Crippen molar-refractivity contribution in [2.75, 3.05) is 6.61 Å². The second kappa shape index (κ2) is 8.39. The molecule has 0 aromatic heterocycles. The molecule has 146 valence electrons. The van der Waals surface area contributed by atoms with E-state index in [4.69, 9.17) is 9.47 Å². The van der Waals surface area contributed by atoms with Crippen LogP contribution in [0.15, 0.2) is 24.3 Å². The van der Waals surface area contributed by atoms with E-state index in [2.05, 4.69) is 17.8 Å². The summed E-state index contributed by atoms with van der Waals surface area (Å²) in [5.74, 6) is -3.07. The van der Waals surface area contributed by atoms with Gasteiger partial charge in [-0.3, -0.25) is 25.2 Å². The van der Waals surface area contributed by atoms with Crippen LogP contribution in [0.4, 0.5) is 0 Å². The highest BCUT2D eigenvalue weighted by Gasteiger charge is 2.55. The van der Waals surface area contributed by atoms with Gasteiger partial charge in [0.2, 0.25) is 5.91 Å². The van der Waals surface area contributed by atoms with Crippen LogP contribution in [0.5, 0.6) is 5.75 Å². The molecule has 1 aromatic rings. The maximum atomic E-state index is 12.4. The zero-order valence-electron chi connectivity index (χ0n) is 15.1. The molecule has 2 saturated heterocycles. The summed E-state index contributed by atoms with van der Waals surface area (Å²) >= 11 is 0. The number of hydrogen-bond donors (Lipinski definition) is 3. The first-order chi connectivity index (χ1) is 13.0. The van der Waals surface area contributed by atoms with Crippen LogP contribution in [0.25, 0.3) is 0 Å². The van der Waals surface area contributed by atoms with Gasteiger partial charge in [-0.1, -0.05) is 13.3 Å². The van der Waals surface area contributed by atoms with Crippen molar-refractivity contribution in [1.82, 2.24) is 10.9 Å². The number of amides is 2. The van der Waals surface area contributed by atoms with E-state index >= 15 is 0 Å². The summed E-state index contributed by atoms with van der Waals surface area (Å²) in [6.45, 7) is 2.70. The van der Waals surface area contributed by atoms with E-state index in [1.807, 2.05) is 0 Å². The third-order valence-electron chi connectivity index (χ3n) is 5.04. The van der Waals surface area contributed by atoms with Crippen molar-refractivity contribution in [3.63, 3.8) is 0 Å². The Hall–Kier alpha value is -2.61. The van der Waals surface area contributed by atoms with Gasteiger partial charge in [0, 0.05) is 5.56 Å². The van der Waals surface area contributed by atoms with E-state index in [1.54, 1.807) is 24.3 Å². The molecule has 2 aliphatic heterocycles. The average molecular weight is 376 g/mol. The van der Waals surface area contributed by atoms with E-state index in [0.29, 0.717) is 30.8 Å². The minimum absolute atomic E-state index is 0.358. The Morgan fingerprint density at radius 2 is 1.78 bits per heavy atom. The van der Waals surface area contributed by atoms with Gasteiger partial charge in [-0.2, -0.15) is 0 Å². The number of benzene rings is 1. The number of ether oxygens (including phenoxy) is 2. The van der Waals surface area contributed by atoms with Crippen LogP contribution in [-0.2, 0) is 14.3 Å². The highest BCUT2D eigenvalue weighted by Crippen LogP contribution is 2.43. The van der Waals surface area contributed by atoms with Gasteiger partial charge in [0.25, 0.3) is 5.91 Å². The van der Waals surface area contributed by atoms with Gasteiger partial charge < -0.3 is 14.6 Å². The van der Waals surface area contributed by atoms with E-state index in [9.17, 15) is 19.5 Å². The Morgan fingerprint density at radius 3 is 2.41 bits per heavy atom. The number of hydrogen-bond acceptors (Lipinski definition) is 5. The highest BCUT2D eigenvalue weighted by atomic mass is 16.5. The van der Waals surface area contributed by atoms with Crippen LogP contribution in [0.1, 0.15) is 43.0 Å². The number of carboxylic acid groups (broad SMARTS) is 1. The van der Waals surface area contributed by atoms with Gasteiger partial charge in [0.1, 0.15) is 5.75 Å². The molecule has 2 aliphatic rings. The van der Waals surface area contributed by atoms with E-state index in [0.717, 1.165) is 12.8 Å². The molecule has 27 heavy (non-hydrogen) atoms. The molecule has 0 saturated carbocycles. The first-order valence-electron chi connectivity index (χ1n) is 9.22. The summed E-state index contributed by atoms with van der Waals surface area (Å²) in [5, 5.41) is 9.35. The molecule has 0 radical (unpaired) electrons. The van der Waals surface area contributed by atoms with Gasteiger partial charge in [-0.25, -0.2) is 0 Å². The Labute approximate surface area is 157 Å². The SMILES string of the molecule is CCCCOc1ccc(C(=O)NNC(=O)[C@H]2[C@@H](C(=O)O)[C@H]3CC[C@H]2O3)cc1. The summed E-state index contributed by atoms with van der Waals surface area (Å²) in [6.07, 6.45) is 2.45. The summed E-state index contributed by atoms with van der Waals surface area (Å²) < 4.78 is 11.1. The minimum Gasteiger partial charge on any atom is -0.494 e. The topological polar surface area (TPSA) is 114 Å². The van der Waals surface area contributed by atoms with Gasteiger partial charge in [-0.15, -0.1) is 0 Å². The molecule has 0 spiro atoms. The average Bonchev–Trinajstić information content (AvgIpc) is 3.28. The van der Waals surface area contributed by atoms with Crippen molar-refractivity contribution in [2.45, 2.75) is 44.8 Å². The molecule has 0 unspecified atom stereocenters. The van der Waals surface area contributed by atoms with Gasteiger partial charge in [0.15, 0.2) is 0 Å². The molecule has 0 aliphatic carbocycles. The van der Waals surface area contributed by atoms with Gasteiger partial charge >= 0.3 is 5.97 Å². The van der Waals surface area contributed by atoms with Crippen LogP contribution in [0.3, 0.4) is 0 Å². The number of nitrogens with one attached hydrogen (secondary N) is 2. The van der Waals surface area contributed by atoms with E-state index < -0.39 is 41.8 Å². The molecular weight excluding hydrogens is 352 g/mol. The number of rotatable bonds is 7. The fourth-order valence-electron chi connectivity index (χ4n) is 3.64. The molecule has 2 fully saturated rings. The Bertz CT molecular complexity index is 705. The van der Waals surface area contributed by atoms with Crippen LogP contribution in [0.2, 0.25) is 0 Å². The van der Waals surface area contributed by atoms with Crippen LogP contribution in [-0.4, -0.2) is 41.7 Å². The number of carbonyl (C=O) groups is 3. The molecule has 2 heterocycles. The van der Waals surface area contributed by atoms with Crippen molar-refractivity contribution < 1.29 is 29.0 Å². The van der Waals surface area contributed by atoms with Crippen LogP contribution >= 0.6 is 0 Å². The zero-order chi connectivity index (χ0) is 19.4. The minimum atomic E-state index is -1.05. The maximum Gasteiger partial charge on any atom is 0.310 e. The quantitative estimate of drug-likeness (QED) is 0.491. The first-order valence-corrected chi connectivity index (χ1v) is 9.22. The third-order valence-corrected chi connectivity index (χ3v) is 5.04. The fraction of sp³-hybridized carbons (Fsp3) is 0.526. The van der Waals surface area contributed by atoms with Crippen LogP contribution in [0, 0.1) is 11.8 Å². The van der Waals surface area contributed by atoms with E-state index in [-0.39, 0.29) is 0 Å². The van der Waals surface area contributed by atoms with Crippen LogP contribution < -0.4 is 15.6 Å². The first kappa shape index (κ1) is 19.2. The number of aliphatic carboxylic acids is 1. The highest BCUT2D eigenvalue weighted by molar-refractivity contribution is 5.96. The van der Waals surface area contributed by atoms with Crippen molar-refractivity contribution in [3.8, 4) is 5.75 Å². The summed E-state index contributed by atoms with van der Waals surface area (Å²) in [4.78, 5) is 36.0. The largest absolute Gasteiger partial charge is 0.494 e. The van der Waals surface area contributed by atoms with Crippen molar-refractivity contribution in [2.24, 2.45) is 11.8 Å². The lowest BCUT2D eigenvalue weighted by Crippen LogP contribution is -2.50. The molecule has 2 bridgehead atoms. The number of carboxylic acids is 1. The van der Waals surface area contributed by atoms with Gasteiger partial charge in [-0.05, 0) is 43.5 Å². The number of unbranched alkanes of at least 4 members (excludes halogenated alkanes) is 1. The Kier molecular flexibility index (Phi) is 5.95. The Morgan fingerprint density at radius 1 is 1.11 bits per heavy atom. The van der Waals surface area contributed by atoms with Gasteiger partial charge in [0.05, 0.1) is 30.7 Å². The molecule has 4 atom stereocenters. The molecule has 8 nitrogen and oxygen atoms in total. The monoisotopic (exact) mass is 376 g/mol. The number of hydrazine groups is 1. The lowest BCUT2D eigenvalue weighted by atomic mass is 9.79. The Balaban J connectivity index is 1.53.